The van der Waals surface area contributed by atoms with Crippen LogP contribution >= 0.6 is 11.6 Å². The molecule has 0 atom stereocenters. The summed E-state index contributed by atoms with van der Waals surface area (Å²) < 4.78 is 5.51. The molecule has 0 aliphatic rings. The summed E-state index contributed by atoms with van der Waals surface area (Å²) in [6, 6.07) is 3.62. The van der Waals surface area contributed by atoms with Gasteiger partial charge in [-0.25, -0.2) is 5.84 Å². The van der Waals surface area contributed by atoms with Crippen LogP contribution in [-0.2, 0) is 9.63 Å². The largest absolute Gasteiger partial charge is 0.492 e. The monoisotopic (exact) mass is 258 g/mol. The summed E-state index contributed by atoms with van der Waals surface area (Å²) >= 11 is 5.90. The fourth-order valence-electron chi connectivity index (χ4n) is 1.48. The van der Waals surface area contributed by atoms with Gasteiger partial charge in [-0.15, -0.1) is 0 Å². The van der Waals surface area contributed by atoms with Crippen molar-refractivity contribution in [1.82, 2.24) is 5.59 Å². The maximum atomic E-state index is 11.0. The Labute approximate surface area is 105 Å². The van der Waals surface area contributed by atoms with Crippen LogP contribution in [0.5, 0.6) is 5.75 Å². The van der Waals surface area contributed by atoms with E-state index >= 15 is 0 Å². The van der Waals surface area contributed by atoms with Crippen LogP contribution in [0.1, 0.15) is 17.5 Å². The number of ether oxygens (including phenoxy) is 1. The number of hydrogen-bond acceptors (Lipinski definition) is 5. The molecule has 0 aliphatic carbocycles. The molecule has 0 saturated heterocycles. The van der Waals surface area contributed by atoms with Crippen molar-refractivity contribution in [2.24, 2.45) is 5.84 Å². The number of hydrazine groups is 1. The van der Waals surface area contributed by atoms with Crippen molar-refractivity contribution in [1.29, 1.82) is 0 Å². The summed E-state index contributed by atoms with van der Waals surface area (Å²) in [7, 11) is 0. The van der Waals surface area contributed by atoms with Crippen molar-refractivity contribution in [2.75, 3.05) is 6.61 Å². The summed E-state index contributed by atoms with van der Waals surface area (Å²) in [4.78, 5) is 15.3. The number of rotatable bonds is 5. The Hall–Kier alpha value is -1.30. The zero-order chi connectivity index (χ0) is 12.8. The quantitative estimate of drug-likeness (QED) is 0.621. The van der Waals surface area contributed by atoms with Gasteiger partial charge in [0.15, 0.2) is 0 Å². The van der Waals surface area contributed by atoms with Crippen LogP contribution in [0.15, 0.2) is 12.1 Å². The van der Waals surface area contributed by atoms with E-state index in [9.17, 15) is 4.79 Å². The van der Waals surface area contributed by atoms with Crippen LogP contribution in [0.2, 0.25) is 5.02 Å². The second-order valence-corrected chi connectivity index (χ2v) is 4.00. The molecular formula is C11H15ClN2O3. The molecule has 0 spiro atoms. The number of nitrogens with two attached hydrogens (primary N) is 1. The molecule has 3 N–H and O–H groups in total. The number of benzene rings is 1. The van der Waals surface area contributed by atoms with Crippen molar-refractivity contribution < 1.29 is 14.4 Å². The van der Waals surface area contributed by atoms with Gasteiger partial charge in [0.2, 0.25) is 0 Å². The number of aryl methyl sites for hydroxylation is 2. The fourth-order valence-corrected chi connectivity index (χ4v) is 1.81. The molecule has 1 aromatic rings. The maximum absolute atomic E-state index is 11.0. The van der Waals surface area contributed by atoms with Crippen LogP contribution in [0.4, 0.5) is 0 Å². The molecule has 0 amide bonds. The third kappa shape index (κ3) is 4.22. The highest BCUT2D eigenvalue weighted by molar-refractivity contribution is 6.30. The second kappa shape index (κ2) is 6.44. The van der Waals surface area contributed by atoms with E-state index in [0.29, 0.717) is 5.02 Å². The first-order chi connectivity index (χ1) is 8.04. The van der Waals surface area contributed by atoms with E-state index in [4.69, 9.17) is 22.2 Å². The third-order valence-corrected chi connectivity index (χ3v) is 2.37. The van der Waals surface area contributed by atoms with E-state index in [1.54, 1.807) is 0 Å². The SMILES string of the molecule is Cc1cc(Cl)cc(C)c1OCCC(=O)ONN. The maximum Gasteiger partial charge on any atom is 0.329 e. The van der Waals surface area contributed by atoms with Crippen LogP contribution in [0.3, 0.4) is 0 Å². The number of nitrogens with one attached hydrogen (secondary N) is 1. The van der Waals surface area contributed by atoms with Gasteiger partial charge in [0.25, 0.3) is 0 Å². The lowest BCUT2D eigenvalue weighted by atomic mass is 10.1. The minimum Gasteiger partial charge on any atom is -0.492 e. The van der Waals surface area contributed by atoms with Gasteiger partial charge in [-0.3, -0.25) is 4.79 Å². The lowest BCUT2D eigenvalue weighted by Crippen LogP contribution is -2.27. The van der Waals surface area contributed by atoms with Gasteiger partial charge >= 0.3 is 5.97 Å². The van der Waals surface area contributed by atoms with Gasteiger partial charge in [-0.2, -0.15) is 0 Å². The smallest absolute Gasteiger partial charge is 0.329 e. The molecule has 1 rings (SSSR count). The zero-order valence-electron chi connectivity index (χ0n) is 9.75. The summed E-state index contributed by atoms with van der Waals surface area (Å²) in [5, 5.41) is 0.666. The van der Waals surface area contributed by atoms with Crippen LogP contribution < -0.4 is 16.2 Å². The van der Waals surface area contributed by atoms with Crippen molar-refractivity contribution in [2.45, 2.75) is 20.3 Å². The van der Waals surface area contributed by atoms with E-state index < -0.39 is 5.97 Å². The minimum atomic E-state index is -0.475. The third-order valence-electron chi connectivity index (χ3n) is 2.15. The average molecular weight is 259 g/mol. The molecule has 0 unspecified atom stereocenters. The number of carbonyl (C=O) groups excluding carboxylic acids is 1. The first-order valence-electron chi connectivity index (χ1n) is 5.09. The highest BCUT2D eigenvalue weighted by Crippen LogP contribution is 2.27. The van der Waals surface area contributed by atoms with E-state index in [-0.39, 0.29) is 13.0 Å². The first-order valence-corrected chi connectivity index (χ1v) is 5.47. The van der Waals surface area contributed by atoms with Crippen molar-refractivity contribution in [3.63, 3.8) is 0 Å². The van der Waals surface area contributed by atoms with E-state index in [0.717, 1.165) is 16.9 Å². The zero-order valence-corrected chi connectivity index (χ0v) is 10.5. The van der Waals surface area contributed by atoms with Crippen LogP contribution in [0.25, 0.3) is 0 Å². The Balaban J connectivity index is 2.55. The topological polar surface area (TPSA) is 73.6 Å². The van der Waals surface area contributed by atoms with Crippen LogP contribution in [-0.4, -0.2) is 12.6 Å². The number of halogens is 1. The molecule has 0 saturated carbocycles. The lowest BCUT2D eigenvalue weighted by Gasteiger charge is -2.12. The molecule has 17 heavy (non-hydrogen) atoms. The summed E-state index contributed by atoms with van der Waals surface area (Å²) in [5.74, 6) is 5.09. The predicted octanol–water partition coefficient (Wildman–Crippen LogP) is 1.65. The molecule has 0 bridgehead atoms. The highest BCUT2D eigenvalue weighted by Gasteiger charge is 2.07. The molecule has 0 heterocycles. The van der Waals surface area contributed by atoms with Crippen molar-refractivity contribution >= 4 is 17.6 Å². The Morgan fingerprint density at radius 3 is 2.53 bits per heavy atom. The number of carbonyl (C=O) groups is 1. The first kappa shape index (κ1) is 13.8. The van der Waals surface area contributed by atoms with E-state index in [2.05, 4.69) is 4.84 Å². The van der Waals surface area contributed by atoms with Gasteiger partial charge in [0.05, 0.1) is 13.0 Å². The molecule has 5 nitrogen and oxygen atoms in total. The molecule has 1 aromatic carbocycles. The van der Waals surface area contributed by atoms with E-state index in [1.165, 1.54) is 0 Å². The van der Waals surface area contributed by atoms with Gasteiger partial charge in [0.1, 0.15) is 5.75 Å². The standard InChI is InChI=1S/C11H15ClN2O3/c1-7-5-9(12)6-8(2)11(7)16-4-3-10(15)17-14-13/h5-6,14H,3-4,13H2,1-2H3. The number of hydrogen-bond donors (Lipinski definition) is 2. The molecule has 0 radical (unpaired) electrons. The Morgan fingerprint density at radius 1 is 1.41 bits per heavy atom. The Kier molecular flexibility index (Phi) is 5.21. The summed E-state index contributed by atoms with van der Waals surface area (Å²) in [5.41, 5.74) is 3.69. The van der Waals surface area contributed by atoms with Crippen molar-refractivity contribution in [3.05, 3.63) is 28.3 Å². The molecule has 94 valence electrons. The normalized spacial score (nSPS) is 10.1. The Bertz CT molecular complexity index is 387. The Morgan fingerprint density at radius 2 is 2.00 bits per heavy atom. The molecule has 6 heteroatoms. The van der Waals surface area contributed by atoms with Gasteiger partial charge < -0.3 is 9.57 Å². The van der Waals surface area contributed by atoms with Gasteiger partial charge in [-0.05, 0) is 37.1 Å². The van der Waals surface area contributed by atoms with Gasteiger partial charge in [0, 0.05) is 5.02 Å². The van der Waals surface area contributed by atoms with Crippen molar-refractivity contribution in [3.8, 4) is 5.75 Å². The van der Waals surface area contributed by atoms with Crippen LogP contribution in [0, 0.1) is 13.8 Å². The minimum absolute atomic E-state index is 0.117. The highest BCUT2D eigenvalue weighted by atomic mass is 35.5. The lowest BCUT2D eigenvalue weighted by molar-refractivity contribution is -0.151. The summed E-state index contributed by atoms with van der Waals surface area (Å²) in [6.45, 7) is 4.02. The fraction of sp³-hybridized carbons (Fsp3) is 0.364. The molecule has 0 aromatic heterocycles. The van der Waals surface area contributed by atoms with E-state index in [1.807, 2.05) is 31.6 Å². The molecular weight excluding hydrogens is 244 g/mol. The predicted molar refractivity (Wildman–Crippen MR) is 64.5 cm³/mol. The molecule has 0 aliphatic heterocycles. The van der Waals surface area contributed by atoms with Gasteiger partial charge in [-0.1, -0.05) is 17.2 Å². The molecule has 0 fully saturated rings. The summed E-state index contributed by atoms with van der Waals surface area (Å²) in [6.07, 6.45) is 0.117. The second-order valence-electron chi connectivity index (χ2n) is 3.56. The average Bonchev–Trinajstić information content (AvgIpc) is 2.22.